The summed E-state index contributed by atoms with van der Waals surface area (Å²) in [7, 11) is 3.29. The lowest BCUT2D eigenvalue weighted by molar-refractivity contribution is -0.140. The molecule has 0 saturated heterocycles. The molecule has 0 spiro atoms. The van der Waals surface area contributed by atoms with Crippen molar-refractivity contribution in [2.24, 2.45) is 4.99 Å². The molecule has 140 valence electrons. The van der Waals surface area contributed by atoms with E-state index in [1.807, 2.05) is 7.05 Å². The molecule has 0 fully saturated rings. The van der Waals surface area contributed by atoms with Gasteiger partial charge in [0.1, 0.15) is 0 Å². The Morgan fingerprint density at radius 1 is 1.20 bits per heavy atom. The number of unbranched alkanes of at least 4 members (excludes halogenated alkanes) is 3. The third-order valence-corrected chi connectivity index (χ3v) is 4.46. The smallest absolute Gasteiger partial charge is 0.305 e. The second-order valence-corrected chi connectivity index (χ2v) is 6.15. The molecule has 6 heteroatoms. The number of nitrogens with one attached hydrogen (secondary N) is 1. The van der Waals surface area contributed by atoms with Crippen LogP contribution in [0, 0.1) is 0 Å². The molecule has 1 aliphatic rings. The van der Waals surface area contributed by atoms with Crippen molar-refractivity contribution >= 4 is 35.9 Å². The van der Waals surface area contributed by atoms with Crippen LogP contribution in [0.15, 0.2) is 29.3 Å². The number of ether oxygens (including phenoxy) is 1. The summed E-state index contributed by atoms with van der Waals surface area (Å²) >= 11 is 0. The zero-order valence-corrected chi connectivity index (χ0v) is 17.6. The van der Waals surface area contributed by atoms with Gasteiger partial charge in [0.15, 0.2) is 5.96 Å². The highest BCUT2D eigenvalue weighted by Crippen LogP contribution is 2.18. The van der Waals surface area contributed by atoms with Crippen molar-refractivity contribution in [2.45, 2.75) is 45.1 Å². The minimum absolute atomic E-state index is 0. The second kappa shape index (κ2) is 12.1. The molecule has 1 aliphatic heterocycles. The topological polar surface area (TPSA) is 53.9 Å². The number of nitrogens with zero attached hydrogens (tertiary/aromatic N) is 2. The molecule has 0 bridgehead atoms. The third-order valence-electron chi connectivity index (χ3n) is 4.46. The van der Waals surface area contributed by atoms with Crippen molar-refractivity contribution in [3.05, 3.63) is 35.4 Å². The molecule has 0 amide bonds. The Morgan fingerprint density at radius 3 is 2.64 bits per heavy atom. The zero-order valence-electron chi connectivity index (χ0n) is 15.3. The summed E-state index contributed by atoms with van der Waals surface area (Å²) in [6.07, 6.45) is 5.77. The molecule has 0 radical (unpaired) electrons. The number of methoxy groups -OCH3 is 1. The number of aliphatic imine (C=N–C) groups is 1. The van der Waals surface area contributed by atoms with Crippen molar-refractivity contribution in [1.29, 1.82) is 0 Å². The standard InChI is InChI=1S/C19H29N3O2.HI/c1-20-19(21-13-8-4-3-5-11-18(23)24-2)22-14-12-16-9-6-7-10-17(16)15-22;/h6-7,9-10H,3-5,8,11-15H2,1-2H3,(H,20,21);1H. The van der Waals surface area contributed by atoms with Gasteiger partial charge in [0.05, 0.1) is 7.11 Å². The van der Waals surface area contributed by atoms with Crippen LogP contribution >= 0.6 is 24.0 Å². The molecule has 0 aromatic heterocycles. The minimum atomic E-state index is -0.112. The predicted molar refractivity (Wildman–Crippen MR) is 112 cm³/mol. The van der Waals surface area contributed by atoms with Gasteiger partial charge < -0.3 is 15.0 Å². The fraction of sp³-hybridized carbons (Fsp3) is 0.579. The lowest BCUT2D eigenvalue weighted by Gasteiger charge is -2.31. The number of esters is 1. The van der Waals surface area contributed by atoms with Gasteiger partial charge >= 0.3 is 5.97 Å². The van der Waals surface area contributed by atoms with Gasteiger partial charge in [0.2, 0.25) is 0 Å². The van der Waals surface area contributed by atoms with Crippen LogP contribution in [0.1, 0.15) is 43.2 Å². The molecule has 0 atom stereocenters. The summed E-state index contributed by atoms with van der Waals surface area (Å²) in [5.74, 6) is 0.873. The van der Waals surface area contributed by atoms with Crippen LogP contribution in [0.3, 0.4) is 0 Å². The molecule has 1 N–H and O–H groups in total. The number of fused-ring (bicyclic) bond motifs is 1. The Hall–Kier alpha value is -1.31. The average molecular weight is 459 g/mol. The maximum Gasteiger partial charge on any atom is 0.305 e. The summed E-state index contributed by atoms with van der Waals surface area (Å²) in [5, 5.41) is 3.47. The van der Waals surface area contributed by atoms with Gasteiger partial charge in [-0.3, -0.25) is 9.79 Å². The highest BCUT2D eigenvalue weighted by atomic mass is 127. The van der Waals surface area contributed by atoms with E-state index in [9.17, 15) is 4.79 Å². The molecule has 5 nitrogen and oxygen atoms in total. The van der Waals surface area contributed by atoms with Crippen LogP contribution in [-0.4, -0.2) is 44.1 Å². The lowest BCUT2D eigenvalue weighted by atomic mass is 10.0. The second-order valence-electron chi connectivity index (χ2n) is 6.15. The number of hydrogen-bond donors (Lipinski definition) is 1. The molecule has 2 rings (SSSR count). The van der Waals surface area contributed by atoms with E-state index in [0.717, 1.165) is 57.7 Å². The molecule has 1 heterocycles. The van der Waals surface area contributed by atoms with Gasteiger partial charge in [-0.1, -0.05) is 37.1 Å². The monoisotopic (exact) mass is 459 g/mol. The number of guanidine groups is 1. The van der Waals surface area contributed by atoms with Crippen molar-refractivity contribution in [3.63, 3.8) is 0 Å². The SMILES string of the molecule is CN=C(NCCCCCCC(=O)OC)N1CCc2ccccc2C1.I. The molecule has 1 aromatic rings. The van der Waals surface area contributed by atoms with Crippen LogP contribution < -0.4 is 5.32 Å². The summed E-state index contributed by atoms with van der Waals surface area (Å²) in [6.45, 7) is 2.85. The highest BCUT2D eigenvalue weighted by Gasteiger charge is 2.18. The first-order chi connectivity index (χ1) is 11.7. The van der Waals surface area contributed by atoms with E-state index in [1.54, 1.807) is 0 Å². The lowest BCUT2D eigenvalue weighted by Crippen LogP contribution is -2.44. The Bertz CT molecular complexity index is 563. The Kier molecular flexibility index (Phi) is 10.5. The van der Waals surface area contributed by atoms with Crippen LogP contribution in [0.5, 0.6) is 0 Å². The van der Waals surface area contributed by atoms with Gasteiger partial charge in [-0.15, -0.1) is 24.0 Å². The summed E-state index contributed by atoms with van der Waals surface area (Å²) in [5.41, 5.74) is 2.85. The Labute approximate surface area is 168 Å². The van der Waals surface area contributed by atoms with Crippen molar-refractivity contribution in [1.82, 2.24) is 10.2 Å². The van der Waals surface area contributed by atoms with Crippen molar-refractivity contribution in [2.75, 3.05) is 27.2 Å². The predicted octanol–water partition coefficient (Wildman–Crippen LogP) is 3.36. The van der Waals surface area contributed by atoms with E-state index in [2.05, 4.69) is 44.2 Å². The van der Waals surface area contributed by atoms with E-state index in [0.29, 0.717) is 6.42 Å². The normalized spacial score (nSPS) is 13.7. The van der Waals surface area contributed by atoms with Gasteiger partial charge in [-0.2, -0.15) is 0 Å². The summed E-state index contributed by atoms with van der Waals surface area (Å²) in [6, 6.07) is 8.64. The zero-order chi connectivity index (χ0) is 17.2. The Morgan fingerprint density at radius 2 is 1.92 bits per heavy atom. The van der Waals surface area contributed by atoms with Gasteiger partial charge in [-0.05, 0) is 30.4 Å². The van der Waals surface area contributed by atoms with Crippen molar-refractivity contribution in [3.8, 4) is 0 Å². The molecule has 0 unspecified atom stereocenters. The fourth-order valence-corrected chi connectivity index (χ4v) is 3.06. The number of hydrogen-bond acceptors (Lipinski definition) is 3. The average Bonchev–Trinajstić information content (AvgIpc) is 2.63. The van der Waals surface area contributed by atoms with E-state index in [-0.39, 0.29) is 29.9 Å². The van der Waals surface area contributed by atoms with E-state index in [1.165, 1.54) is 18.2 Å². The number of halogens is 1. The number of benzene rings is 1. The first kappa shape index (κ1) is 21.7. The number of carbonyl (C=O) groups is 1. The van der Waals surface area contributed by atoms with Crippen molar-refractivity contribution < 1.29 is 9.53 Å². The minimum Gasteiger partial charge on any atom is -0.469 e. The number of carbonyl (C=O) groups excluding carboxylic acids is 1. The van der Waals surface area contributed by atoms with Crippen LogP contribution in [0.4, 0.5) is 0 Å². The summed E-state index contributed by atoms with van der Waals surface area (Å²) < 4.78 is 4.64. The quantitative estimate of drug-likeness (QED) is 0.224. The van der Waals surface area contributed by atoms with Crippen LogP contribution in [0.25, 0.3) is 0 Å². The molecular formula is C19H30IN3O2. The van der Waals surface area contributed by atoms with Gasteiger partial charge in [0, 0.05) is 33.1 Å². The molecule has 25 heavy (non-hydrogen) atoms. The summed E-state index contributed by atoms with van der Waals surface area (Å²) in [4.78, 5) is 17.8. The number of rotatable bonds is 7. The third kappa shape index (κ3) is 7.22. The van der Waals surface area contributed by atoms with Crippen LogP contribution in [0.2, 0.25) is 0 Å². The molecule has 0 saturated carbocycles. The highest BCUT2D eigenvalue weighted by molar-refractivity contribution is 14.0. The largest absolute Gasteiger partial charge is 0.469 e. The maximum absolute atomic E-state index is 11.0. The first-order valence-corrected chi connectivity index (χ1v) is 8.83. The first-order valence-electron chi connectivity index (χ1n) is 8.83. The van der Waals surface area contributed by atoms with E-state index in [4.69, 9.17) is 0 Å². The van der Waals surface area contributed by atoms with E-state index < -0.39 is 0 Å². The Balaban J connectivity index is 0.00000312. The molecule has 1 aromatic carbocycles. The van der Waals surface area contributed by atoms with E-state index >= 15 is 0 Å². The van der Waals surface area contributed by atoms with Gasteiger partial charge in [0.25, 0.3) is 0 Å². The molecule has 0 aliphatic carbocycles. The van der Waals surface area contributed by atoms with Crippen LogP contribution in [-0.2, 0) is 22.5 Å². The molecular weight excluding hydrogens is 429 g/mol. The fourth-order valence-electron chi connectivity index (χ4n) is 3.06. The van der Waals surface area contributed by atoms with Gasteiger partial charge in [-0.25, -0.2) is 0 Å². The maximum atomic E-state index is 11.0.